The van der Waals surface area contributed by atoms with Crippen LogP contribution in [0.3, 0.4) is 0 Å². The summed E-state index contributed by atoms with van der Waals surface area (Å²) < 4.78 is 13.2. The van der Waals surface area contributed by atoms with Crippen LogP contribution >= 0.6 is 12.6 Å². The molecule has 4 atom stereocenters. The first kappa shape index (κ1) is 26.7. The van der Waals surface area contributed by atoms with Gasteiger partial charge in [0.1, 0.15) is 11.9 Å². The Hall–Kier alpha value is -2.91. The van der Waals surface area contributed by atoms with E-state index in [2.05, 4.69) is 28.6 Å². The molecule has 7 nitrogen and oxygen atoms in total. The molecule has 0 aromatic heterocycles. The van der Waals surface area contributed by atoms with Gasteiger partial charge in [-0.3, -0.25) is 14.4 Å². The molecule has 1 aliphatic rings. The highest BCUT2D eigenvalue weighted by Crippen LogP contribution is 2.21. The van der Waals surface area contributed by atoms with Crippen molar-refractivity contribution >= 4 is 30.4 Å². The molecule has 188 valence electrons. The predicted octanol–water partition coefficient (Wildman–Crippen LogP) is 2.86. The molecule has 3 rings (SSSR count). The zero-order chi connectivity index (χ0) is 25.5. The fraction of sp³-hybridized carbons (Fsp3) is 0.423. The number of nitrogens with one attached hydrogen (secondary N) is 3. The molecular formula is C26H33FN4O3S. The highest BCUT2D eigenvalue weighted by molar-refractivity contribution is 7.80. The minimum Gasteiger partial charge on any atom is -0.356 e. The van der Waals surface area contributed by atoms with Gasteiger partial charge >= 0.3 is 0 Å². The van der Waals surface area contributed by atoms with Crippen LogP contribution in [0.4, 0.5) is 4.39 Å². The maximum Gasteiger partial charge on any atom is 0.251 e. The van der Waals surface area contributed by atoms with Gasteiger partial charge in [-0.05, 0) is 60.6 Å². The van der Waals surface area contributed by atoms with Gasteiger partial charge in [0.25, 0.3) is 5.91 Å². The van der Waals surface area contributed by atoms with E-state index in [-0.39, 0.29) is 35.4 Å². The van der Waals surface area contributed by atoms with Gasteiger partial charge in [-0.2, -0.15) is 12.6 Å². The second kappa shape index (κ2) is 12.2. The van der Waals surface area contributed by atoms with Crippen LogP contribution in [-0.4, -0.2) is 41.7 Å². The molecule has 0 radical (unpaired) electrons. The Morgan fingerprint density at radius 1 is 1.09 bits per heavy atom. The van der Waals surface area contributed by atoms with Crippen molar-refractivity contribution in [1.29, 1.82) is 0 Å². The van der Waals surface area contributed by atoms with Crippen LogP contribution in [0.15, 0.2) is 48.5 Å². The highest BCUT2D eigenvalue weighted by atomic mass is 32.1. The van der Waals surface area contributed by atoms with Crippen LogP contribution in [0.1, 0.15) is 43.5 Å². The van der Waals surface area contributed by atoms with Crippen molar-refractivity contribution in [2.24, 2.45) is 17.6 Å². The minimum absolute atomic E-state index is 0.0469. The third-order valence-corrected chi connectivity index (χ3v) is 6.45. The van der Waals surface area contributed by atoms with Gasteiger partial charge in [-0.1, -0.05) is 38.1 Å². The number of hydrogen-bond donors (Lipinski definition) is 5. The summed E-state index contributed by atoms with van der Waals surface area (Å²) in [4.78, 5) is 38.0. The van der Waals surface area contributed by atoms with E-state index in [0.717, 1.165) is 11.1 Å². The molecule has 2 aromatic carbocycles. The Kier molecular flexibility index (Phi) is 9.28. The average molecular weight is 501 g/mol. The summed E-state index contributed by atoms with van der Waals surface area (Å²) in [6, 6.07) is 11.7. The zero-order valence-electron chi connectivity index (χ0n) is 20.0. The van der Waals surface area contributed by atoms with Crippen molar-refractivity contribution in [3.05, 3.63) is 59.9 Å². The monoisotopic (exact) mass is 500 g/mol. The van der Waals surface area contributed by atoms with Crippen molar-refractivity contribution in [1.82, 2.24) is 16.0 Å². The normalized spacial score (nSPS) is 18.0. The van der Waals surface area contributed by atoms with Crippen molar-refractivity contribution in [3.8, 4) is 11.1 Å². The number of carbonyl (C=O) groups excluding carboxylic acids is 3. The predicted molar refractivity (Wildman–Crippen MR) is 137 cm³/mol. The number of thiol groups is 1. The van der Waals surface area contributed by atoms with Crippen LogP contribution in [0, 0.1) is 17.7 Å². The van der Waals surface area contributed by atoms with E-state index in [0.29, 0.717) is 31.4 Å². The summed E-state index contributed by atoms with van der Waals surface area (Å²) in [6.07, 6.45) is 1.50. The number of carbonyl (C=O) groups is 3. The van der Waals surface area contributed by atoms with Gasteiger partial charge in [0.05, 0.1) is 11.4 Å². The Morgan fingerprint density at radius 2 is 1.69 bits per heavy atom. The van der Waals surface area contributed by atoms with Crippen molar-refractivity contribution < 1.29 is 18.8 Å². The number of hydrogen-bond acceptors (Lipinski definition) is 5. The molecule has 1 saturated heterocycles. The van der Waals surface area contributed by atoms with Crippen LogP contribution in [-0.2, 0) is 9.59 Å². The van der Waals surface area contributed by atoms with E-state index in [1.165, 1.54) is 12.1 Å². The maximum absolute atomic E-state index is 13.2. The van der Waals surface area contributed by atoms with Crippen LogP contribution in [0.2, 0.25) is 0 Å². The lowest BCUT2D eigenvalue weighted by Crippen LogP contribution is -2.54. The molecule has 3 amide bonds. The third kappa shape index (κ3) is 7.53. The summed E-state index contributed by atoms with van der Waals surface area (Å²) in [5, 5.41) is 7.86. The Labute approximate surface area is 210 Å². The number of benzene rings is 2. The molecule has 1 aliphatic heterocycles. The molecule has 1 unspecified atom stereocenters. The Morgan fingerprint density at radius 3 is 2.20 bits per heavy atom. The Balaban J connectivity index is 1.67. The van der Waals surface area contributed by atoms with Crippen LogP contribution in [0.5, 0.6) is 0 Å². The van der Waals surface area contributed by atoms with E-state index in [9.17, 15) is 18.8 Å². The molecule has 0 spiro atoms. The van der Waals surface area contributed by atoms with E-state index >= 15 is 0 Å². The van der Waals surface area contributed by atoms with E-state index < -0.39 is 17.5 Å². The average Bonchev–Trinajstić information content (AvgIpc) is 3.22. The third-order valence-electron chi connectivity index (χ3n) is 6.09. The van der Waals surface area contributed by atoms with Gasteiger partial charge in [0.15, 0.2) is 0 Å². The molecule has 0 aliphatic carbocycles. The van der Waals surface area contributed by atoms with Gasteiger partial charge in [-0.25, -0.2) is 4.39 Å². The van der Waals surface area contributed by atoms with Crippen molar-refractivity contribution in [3.63, 3.8) is 0 Å². The largest absolute Gasteiger partial charge is 0.356 e. The zero-order valence-corrected chi connectivity index (χ0v) is 20.9. The van der Waals surface area contributed by atoms with Crippen molar-refractivity contribution in [2.45, 2.75) is 50.6 Å². The first-order valence-electron chi connectivity index (χ1n) is 11.8. The molecule has 2 aromatic rings. The molecule has 0 saturated carbocycles. The smallest absolute Gasteiger partial charge is 0.251 e. The molecule has 9 heteroatoms. The minimum atomic E-state index is -0.772. The summed E-state index contributed by atoms with van der Waals surface area (Å²) in [5.74, 6) is -1.17. The Bertz CT molecular complexity index is 1030. The topological polar surface area (TPSA) is 113 Å². The first-order chi connectivity index (χ1) is 16.6. The lowest BCUT2D eigenvalue weighted by Gasteiger charge is -2.27. The SMILES string of the molecule is CC(C)C[C@@H](NC(=O)c1ccc(-c2ccc(F)cc2)cc1)C(=O)N[C@@H](C[C@@H]1CCNC1=O)C(N)S. The highest BCUT2D eigenvalue weighted by Gasteiger charge is 2.32. The molecule has 0 bridgehead atoms. The fourth-order valence-corrected chi connectivity index (χ4v) is 4.34. The summed E-state index contributed by atoms with van der Waals surface area (Å²) >= 11 is 4.30. The molecule has 1 fully saturated rings. The molecule has 5 N–H and O–H groups in total. The molecular weight excluding hydrogens is 467 g/mol. The molecule has 35 heavy (non-hydrogen) atoms. The lowest BCUT2D eigenvalue weighted by molar-refractivity contribution is -0.126. The van der Waals surface area contributed by atoms with E-state index in [1.807, 2.05) is 13.8 Å². The van der Waals surface area contributed by atoms with Gasteiger partial charge < -0.3 is 21.7 Å². The van der Waals surface area contributed by atoms with Crippen LogP contribution < -0.4 is 21.7 Å². The number of halogens is 1. The summed E-state index contributed by atoms with van der Waals surface area (Å²) in [5.41, 5.74) is 8.07. The number of nitrogens with two attached hydrogens (primary N) is 1. The fourth-order valence-electron chi connectivity index (χ4n) is 4.14. The van der Waals surface area contributed by atoms with Gasteiger partial charge in [-0.15, -0.1) is 0 Å². The molecule has 1 heterocycles. The van der Waals surface area contributed by atoms with Gasteiger partial charge in [0.2, 0.25) is 11.8 Å². The summed E-state index contributed by atoms with van der Waals surface area (Å²) in [7, 11) is 0. The second-order valence-corrected chi connectivity index (χ2v) is 9.95. The maximum atomic E-state index is 13.2. The van der Waals surface area contributed by atoms with Gasteiger partial charge in [0, 0.05) is 18.0 Å². The standard InChI is InChI=1S/C26H33FN4O3S/c1-15(2)13-22(26(34)30-21(23(28)35)14-19-11-12-29-24(19)32)31-25(33)18-5-3-16(4-6-18)17-7-9-20(27)10-8-17/h3-10,15,19,21-23,35H,11-14,28H2,1-2H3,(H,29,32)(H,30,34)(H,31,33)/t19-,21-,22+,23?/m0/s1. The summed E-state index contributed by atoms with van der Waals surface area (Å²) in [6.45, 7) is 4.54. The first-order valence-corrected chi connectivity index (χ1v) is 12.3. The quantitative estimate of drug-likeness (QED) is 0.255. The van der Waals surface area contributed by atoms with E-state index in [1.54, 1.807) is 36.4 Å². The van der Waals surface area contributed by atoms with Crippen LogP contribution in [0.25, 0.3) is 11.1 Å². The van der Waals surface area contributed by atoms with Crippen molar-refractivity contribution in [2.75, 3.05) is 6.54 Å². The lowest BCUT2D eigenvalue weighted by atomic mass is 9.97. The second-order valence-electron chi connectivity index (χ2n) is 9.36. The number of amides is 3. The van der Waals surface area contributed by atoms with E-state index in [4.69, 9.17) is 5.73 Å². The number of rotatable bonds is 10.